The highest BCUT2D eigenvalue weighted by atomic mass is 79.9. The molecule has 0 atom stereocenters. The van der Waals surface area contributed by atoms with E-state index in [4.69, 9.17) is 4.52 Å². The van der Waals surface area contributed by atoms with Gasteiger partial charge in [-0.3, -0.25) is 4.31 Å². The van der Waals surface area contributed by atoms with Crippen LogP contribution in [-0.4, -0.2) is 19.8 Å². The van der Waals surface area contributed by atoms with E-state index in [1.807, 2.05) is 6.07 Å². The maximum Gasteiger partial charge on any atom is 0.232 e. The molecule has 0 saturated heterocycles. The quantitative estimate of drug-likeness (QED) is 0.855. The van der Waals surface area contributed by atoms with E-state index < -0.39 is 10.0 Å². The van der Waals surface area contributed by atoms with Crippen molar-refractivity contribution >= 4 is 31.6 Å². The van der Waals surface area contributed by atoms with E-state index in [1.165, 1.54) is 10.6 Å². The summed E-state index contributed by atoms with van der Waals surface area (Å²) in [6.45, 7) is 1.90. The first-order chi connectivity index (χ1) is 8.88. The number of hydrogen-bond donors (Lipinski definition) is 0. The summed E-state index contributed by atoms with van der Waals surface area (Å²) in [5.74, 6) is 0.649. The Bertz CT molecular complexity index is 682. The zero-order valence-electron chi connectivity index (χ0n) is 10.5. The van der Waals surface area contributed by atoms with E-state index in [2.05, 4.69) is 21.1 Å². The van der Waals surface area contributed by atoms with Crippen molar-refractivity contribution in [3.8, 4) is 0 Å². The number of sulfonamides is 1. The number of nitrogens with zero attached hydrogens (tertiary/aromatic N) is 2. The number of hydrogen-bond acceptors (Lipinski definition) is 4. The molecule has 0 bridgehead atoms. The molecule has 7 heteroatoms. The maximum atomic E-state index is 11.9. The molecular formula is C12H13BrN2O3S. The molecule has 19 heavy (non-hydrogen) atoms. The van der Waals surface area contributed by atoms with Crippen LogP contribution in [0.25, 0.3) is 0 Å². The van der Waals surface area contributed by atoms with Gasteiger partial charge in [-0.1, -0.05) is 17.3 Å². The summed E-state index contributed by atoms with van der Waals surface area (Å²) >= 11 is 3.36. The fourth-order valence-electron chi connectivity index (χ4n) is 1.67. The molecule has 1 heterocycles. The van der Waals surface area contributed by atoms with Gasteiger partial charge in [0.15, 0.2) is 0 Å². The van der Waals surface area contributed by atoms with Crippen LogP contribution in [0.3, 0.4) is 0 Å². The van der Waals surface area contributed by atoms with Crippen LogP contribution in [0.2, 0.25) is 0 Å². The van der Waals surface area contributed by atoms with Crippen molar-refractivity contribution in [2.75, 3.05) is 10.6 Å². The summed E-state index contributed by atoms with van der Waals surface area (Å²) in [6.07, 6.45) is 1.17. The smallest absolute Gasteiger partial charge is 0.232 e. The Morgan fingerprint density at radius 3 is 2.58 bits per heavy atom. The van der Waals surface area contributed by atoms with Crippen molar-refractivity contribution in [2.24, 2.45) is 0 Å². The lowest BCUT2D eigenvalue weighted by Gasteiger charge is -2.22. The molecular weight excluding hydrogens is 332 g/mol. The molecule has 0 aliphatic heterocycles. The van der Waals surface area contributed by atoms with Crippen LogP contribution in [0.15, 0.2) is 39.3 Å². The predicted octanol–water partition coefficient (Wildman–Crippen LogP) is 2.71. The van der Waals surface area contributed by atoms with Gasteiger partial charge in [0.1, 0.15) is 11.5 Å². The second-order valence-corrected chi connectivity index (χ2v) is 6.91. The molecule has 0 spiro atoms. The van der Waals surface area contributed by atoms with Crippen molar-refractivity contribution in [3.63, 3.8) is 0 Å². The van der Waals surface area contributed by atoms with Gasteiger partial charge in [0, 0.05) is 10.5 Å². The molecule has 1 aromatic heterocycles. The SMILES string of the molecule is Cc1cc(CN(c2ccccc2Br)S(C)(=O)=O)no1. The summed E-state index contributed by atoms with van der Waals surface area (Å²) in [4.78, 5) is 0. The second kappa shape index (κ2) is 5.34. The van der Waals surface area contributed by atoms with E-state index in [0.29, 0.717) is 21.6 Å². The lowest BCUT2D eigenvalue weighted by atomic mass is 10.3. The van der Waals surface area contributed by atoms with Gasteiger partial charge in [0.25, 0.3) is 0 Å². The van der Waals surface area contributed by atoms with Gasteiger partial charge in [0.2, 0.25) is 10.0 Å². The summed E-state index contributed by atoms with van der Waals surface area (Å²) in [7, 11) is -3.41. The van der Waals surface area contributed by atoms with Gasteiger partial charge in [-0.15, -0.1) is 0 Å². The molecule has 102 valence electrons. The Kier molecular flexibility index (Phi) is 3.96. The summed E-state index contributed by atoms with van der Waals surface area (Å²) in [5, 5.41) is 3.83. The van der Waals surface area contributed by atoms with Crippen molar-refractivity contribution in [3.05, 3.63) is 46.3 Å². The number of aryl methyl sites for hydroxylation is 1. The molecule has 0 N–H and O–H groups in total. The molecule has 0 amide bonds. The average Bonchev–Trinajstić information content (AvgIpc) is 2.72. The van der Waals surface area contributed by atoms with Crippen LogP contribution in [0.5, 0.6) is 0 Å². The van der Waals surface area contributed by atoms with E-state index in [9.17, 15) is 8.42 Å². The highest BCUT2D eigenvalue weighted by molar-refractivity contribution is 9.10. The largest absolute Gasteiger partial charge is 0.361 e. The van der Waals surface area contributed by atoms with Crippen LogP contribution in [0.4, 0.5) is 5.69 Å². The average molecular weight is 345 g/mol. The molecule has 0 unspecified atom stereocenters. The number of para-hydroxylation sites is 1. The molecule has 0 saturated carbocycles. The lowest BCUT2D eigenvalue weighted by molar-refractivity contribution is 0.391. The number of anilines is 1. The molecule has 2 aromatic rings. The Balaban J connectivity index is 2.41. The molecule has 1 aromatic carbocycles. The van der Waals surface area contributed by atoms with E-state index in [1.54, 1.807) is 31.2 Å². The summed E-state index contributed by atoms with van der Waals surface area (Å²) < 4.78 is 30.8. The van der Waals surface area contributed by atoms with E-state index in [0.717, 1.165) is 0 Å². The van der Waals surface area contributed by atoms with Crippen LogP contribution in [0, 0.1) is 6.92 Å². The van der Waals surface area contributed by atoms with Gasteiger partial charge in [-0.25, -0.2) is 8.42 Å². The molecule has 5 nitrogen and oxygen atoms in total. The van der Waals surface area contributed by atoms with Gasteiger partial charge >= 0.3 is 0 Å². The second-order valence-electron chi connectivity index (χ2n) is 4.15. The first-order valence-electron chi connectivity index (χ1n) is 5.52. The number of rotatable bonds is 4. The zero-order chi connectivity index (χ0) is 14.0. The highest BCUT2D eigenvalue weighted by Gasteiger charge is 2.21. The molecule has 0 fully saturated rings. The van der Waals surface area contributed by atoms with Gasteiger partial charge < -0.3 is 4.52 Å². The number of halogens is 1. The molecule has 2 rings (SSSR count). The first kappa shape index (κ1) is 14.1. The lowest BCUT2D eigenvalue weighted by Crippen LogP contribution is -2.29. The van der Waals surface area contributed by atoms with Crippen LogP contribution >= 0.6 is 15.9 Å². The van der Waals surface area contributed by atoms with Gasteiger partial charge in [0.05, 0.1) is 18.5 Å². The Hall–Kier alpha value is -1.34. The van der Waals surface area contributed by atoms with Crippen molar-refractivity contribution < 1.29 is 12.9 Å². The third-order valence-corrected chi connectivity index (χ3v) is 4.30. The Morgan fingerprint density at radius 2 is 2.05 bits per heavy atom. The normalized spacial score (nSPS) is 11.5. The summed E-state index contributed by atoms with van der Waals surface area (Å²) in [5.41, 5.74) is 1.14. The third-order valence-electron chi connectivity index (χ3n) is 2.50. The van der Waals surface area contributed by atoms with Crippen molar-refractivity contribution in [2.45, 2.75) is 13.5 Å². The Labute approximate surface area is 120 Å². The van der Waals surface area contributed by atoms with E-state index in [-0.39, 0.29) is 6.54 Å². The highest BCUT2D eigenvalue weighted by Crippen LogP contribution is 2.28. The molecule has 0 aliphatic carbocycles. The first-order valence-corrected chi connectivity index (χ1v) is 8.16. The number of benzene rings is 1. The van der Waals surface area contributed by atoms with Gasteiger partial charge in [-0.2, -0.15) is 0 Å². The van der Waals surface area contributed by atoms with Crippen LogP contribution in [-0.2, 0) is 16.6 Å². The fourth-order valence-corrected chi connectivity index (χ4v) is 3.17. The van der Waals surface area contributed by atoms with Crippen molar-refractivity contribution in [1.29, 1.82) is 0 Å². The van der Waals surface area contributed by atoms with E-state index >= 15 is 0 Å². The van der Waals surface area contributed by atoms with Crippen LogP contribution < -0.4 is 4.31 Å². The number of aromatic nitrogens is 1. The Morgan fingerprint density at radius 1 is 1.37 bits per heavy atom. The minimum absolute atomic E-state index is 0.138. The van der Waals surface area contributed by atoms with Crippen LogP contribution in [0.1, 0.15) is 11.5 Å². The zero-order valence-corrected chi connectivity index (χ0v) is 12.9. The summed E-state index contributed by atoms with van der Waals surface area (Å²) in [6, 6.07) is 8.86. The maximum absolute atomic E-state index is 11.9. The minimum Gasteiger partial charge on any atom is -0.361 e. The predicted molar refractivity (Wildman–Crippen MR) is 76.4 cm³/mol. The van der Waals surface area contributed by atoms with Gasteiger partial charge in [-0.05, 0) is 35.0 Å². The minimum atomic E-state index is -3.41. The monoisotopic (exact) mass is 344 g/mol. The molecule has 0 radical (unpaired) electrons. The van der Waals surface area contributed by atoms with Crippen molar-refractivity contribution in [1.82, 2.24) is 5.16 Å². The molecule has 0 aliphatic rings. The topological polar surface area (TPSA) is 63.4 Å². The third kappa shape index (κ3) is 3.36. The standard InChI is InChI=1S/C12H13BrN2O3S/c1-9-7-10(14-18-9)8-15(19(2,16)17)12-6-4-3-5-11(12)13/h3-7H,8H2,1-2H3. The fraction of sp³-hybridized carbons (Fsp3) is 0.250.